The van der Waals surface area contributed by atoms with Crippen LogP contribution < -0.4 is 0 Å². The molecule has 1 aromatic rings. The van der Waals surface area contributed by atoms with Crippen molar-refractivity contribution in [3.05, 3.63) is 29.6 Å². The molecule has 1 nitrogen and oxygen atoms in total. The summed E-state index contributed by atoms with van der Waals surface area (Å²) in [6.45, 7) is 0. The summed E-state index contributed by atoms with van der Waals surface area (Å²) in [7, 11) is 0. The molecule has 68 valence electrons. The molecule has 1 heterocycles. The predicted molar refractivity (Wildman–Crippen MR) is 50.5 cm³/mol. The zero-order valence-electron chi connectivity index (χ0n) is 7.00. The Morgan fingerprint density at radius 3 is 3.15 bits per heavy atom. The molecule has 0 radical (unpaired) electrons. The number of rotatable bonds is 1. The monoisotopic (exact) mass is 196 g/mol. The van der Waals surface area contributed by atoms with Gasteiger partial charge in [0.25, 0.3) is 0 Å². The van der Waals surface area contributed by atoms with Crippen LogP contribution in [0.2, 0.25) is 0 Å². The molecular formula is C10H9FOS. The Bertz CT molecular complexity index is 338. The van der Waals surface area contributed by atoms with Gasteiger partial charge in [-0.3, -0.25) is 0 Å². The number of carbonyl (C=O) groups is 1. The van der Waals surface area contributed by atoms with Crippen LogP contribution in [0.4, 0.5) is 4.39 Å². The number of fused-ring (bicyclic) bond motifs is 1. The molecule has 0 amide bonds. The van der Waals surface area contributed by atoms with E-state index in [9.17, 15) is 9.18 Å². The Morgan fingerprint density at radius 2 is 2.38 bits per heavy atom. The summed E-state index contributed by atoms with van der Waals surface area (Å²) in [5, 5.41) is 0. The van der Waals surface area contributed by atoms with Crippen LogP contribution in [0.1, 0.15) is 17.9 Å². The third-order valence-electron chi connectivity index (χ3n) is 2.22. The molecule has 13 heavy (non-hydrogen) atoms. The summed E-state index contributed by atoms with van der Waals surface area (Å²) < 4.78 is 12.9. The van der Waals surface area contributed by atoms with E-state index in [-0.39, 0.29) is 11.7 Å². The average molecular weight is 196 g/mol. The minimum absolute atomic E-state index is 0.105. The van der Waals surface area contributed by atoms with Gasteiger partial charge in [0.05, 0.1) is 0 Å². The van der Waals surface area contributed by atoms with Gasteiger partial charge in [-0.15, -0.1) is 11.8 Å². The van der Waals surface area contributed by atoms with Crippen LogP contribution >= 0.6 is 11.8 Å². The highest BCUT2D eigenvalue weighted by atomic mass is 32.2. The Balaban J connectivity index is 2.47. The third-order valence-corrected chi connectivity index (χ3v) is 3.34. The van der Waals surface area contributed by atoms with Crippen LogP contribution in [-0.4, -0.2) is 12.0 Å². The summed E-state index contributed by atoms with van der Waals surface area (Å²) in [4.78, 5) is 11.7. The van der Waals surface area contributed by atoms with Gasteiger partial charge < -0.3 is 4.79 Å². The maximum absolute atomic E-state index is 12.9. The van der Waals surface area contributed by atoms with Crippen LogP contribution in [0.3, 0.4) is 0 Å². The van der Waals surface area contributed by atoms with Crippen LogP contribution in [0.5, 0.6) is 0 Å². The van der Waals surface area contributed by atoms with E-state index in [1.54, 1.807) is 17.8 Å². The van der Waals surface area contributed by atoms with E-state index in [1.807, 2.05) is 0 Å². The van der Waals surface area contributed by atoms with Crippen LogP contribution in [0.25, 0.3) is 0 Å². The molecule has 1 aliphatic rings. The van der Waals surface area contributed by atoms with Crippen molar-refractivity contribution >= 4 is 18.0 Å². The number of carbonyl (C=O) groups excluding carboxylic acids is 1. The van der Waals surface area contributed by atoms with E-state index in [1.165, 1.54) is 12.1 Å². The number of halogens is 1. The lowest BCUT2D eigenvalue weighted by atomic mass is 9.97. The minimum Gasteiger partial charge on any atom is -0.303 e. The summed E-state index contributed by atoms with van der Waals surface area (Å²) in [6, 6.07) is 4.67. The minimum atomic E-state index is -0.256. The van der Waals surface area contributed by atoms with E-state index in [0.717, 1.165) is 28.9 Å². The number of hydrogen-bond donors (Lipinski definition) is 0. The van der Waals surface area contributed by atoms with Gasteiger partial charge in [-0.05, 0) is 35.9 Å². The Kier molecular flexibility index (Phi) is 2.36. The molecule has 2 rings (SSSR count). The van der Waals surface area contributed by atoms with Crippen molar-refractivity contribution in [3.8, 4) is 0 Å². The molecule has 0 N–H and O–H groups in total. The van der Waals surface area contributed by atoms with Crippen LogP contribution in [-0.2, 0) is 4.79 Å². The fourth-order valence-electron chi connectivity index (χ4n) is 1.53. The Hall–Kier alpha value is -0.830. The van der Waals surface area contributed by atoms with Crippen molar-refractivity contribution in [2.75, 3.05) is 5.75 Å². The molecule has 0 fully saturated rings. The van der Waals surface area contributed by atoms with E-state index >= 15 is 0 Å². The Labute approximate surface area is 80.3 Å². The Morgan fingerprint density at radius 1 is 1.54 bits per heavy atom. The molecule has 3 heteroatoms. The molecule has 0 aromatic heterocycles. The molecule has 1 atom stereocenters. The smallest absolute Gasteiger partial charge is 0.127 e. The first-order valence-electron chi connectivity index (χ1n) is 4.19. The van der Waals surface area contributed by atoms with E-state index in [0.29, 0.717) is 0 Å². The molecule has 0 bridgehead atoms. The molecule has 1 aromatic carbocycles. The lowest BCUT2D eigenvalue weighted by molar-refractivity contribution is -0.109. The van der Waals surface area contributed by atoms with Gasteiger partial charge in [0, 0.05) is 10.8 Å². The van der Waals surface area contributed by atoms with Gasteiger partial charge in [-0.2, -0.15) is 0 Å². The highest BCUT2D eigenvalue weighted by Gasteiger charge is 2.20. The fourth-order valence-corrected chi connectivity index (χ4v) is 2.67. The van der Waals surface area contributed by atoms with Crippen molar-refractivity contribution in [2.45, 2.75) is 17.2 Å². The standard InChI is InChI=1S/C10H9FOS/c11-8-1-2-10-9(5-8)7(6-12)3-4-13-10/h1-2,5-7H,3-4H2. The second kappa shape index (κ2) is 3.50. The molecular weight excluding hydrogens is 187 g/mol. The van der Waals surface area contributed by atoms with Gasteiger partial charge >= 0.3 is 0 Å². The highest BCUT2D eigenvalue weighted by Crippen LogP contribution is 2.36. The van der Waals surface area contributed by atoms with Gasteiger partial charge in [-0.25, -0.2) is 4.39 Å². The topological polar surface area (TPSA) is 17.1 Å². The van der Waals surface area contributed by atoms with Crippen LogP contribution in [0.15, 0.2) is 23.1 Å². The molecule has 0 saturated carbocycles. The summed E-state index contributed by atoms with van der Waals surface area (Å²) in [5.74, 6) is 0.585. The summed E-state index contributed by atoms with van der Waals surface area (Å²) in [5.41, 5.74) is 0.853. The number of thioether (sulfide) groups is 1. The maximum atomic E-state index is 12.9. The molecule has 0 spiro atoms. The van der Waals surface area contributed by atoms with Crippen molar-refractivity contribution in [1.29, 1.82) is 0 Å². The number of benzene rings is 1. The fraction of sp³-hybridized carbons (Fsp3) is 0.300. The van der Waals surface area contributed by atoms with Crippen molar-refractivity contribution in [1.82, 2.24) is 0 Å². The third kappa shape index (κ3) is 1.61. The molecule has 1 unspecified atom stereocenters. The zero-order chi connectivity index (χ0) is 9.26. The highest BCUT2D eigenvalue weighted by molar-refractivity contribution is 7.99. The normalized spacial score (nSPS) is 20.8. The lowest BCUT2D eigenvalue weighted by Crippen LogP contribution is -2.08. The number of aldehydes is 1. The average Bonchev–Trinajstić information content (AvgIpc) is 2.17. The second-order valence-corrected chi connectivity index (χ2v) is 4.20. The first kappa shape index (κ1) is 8.75. The van der Waals surface area contributed by atoms with E-state index < -0.39 is 0 Å². The van der Waals surface area contributed by atoms with Crippen molar-refractivity contribution < 1.29 is 9.18 Å². The molecule has 0 aliphatic carbocycles. The van der Waals surface area contributed by atoms with Crippen molar-refractivity contribution in [2.24, 2.45) is 0 Å². The summed E-state index contributed by atoms with van der Waals surface area (Å²) >= 11 is 1.69. The van der Waals surface area contributed by atoms with Gasteiger partial charge in [0.2, 0.25) is 0 Å². The lowest BCUT2D eigenvalue weighted by Gasteiger charge is -2.20. The quantitative estimate of drug-likeness (QED) is 0.642. The first-order chi connectivity index (χ1) is 6.31. The summed E-state index contributed by atoms with van der Waals surface area (Å²) in [6.07, 6.45) is 1.74. The number of hydrogen-bond acceptors (Lipinski definition) is 2. The van der Waals surface area contributed by atoms with Gasteiger partial charge in [-0.1, -0.05) is 0 Å². The van der Waals surface area contributed by atoms with Crippen molar-refractivity contribution in [3.63, 3.8) is 0 Å². The molecule has 1 aliphatic heterocycles. The van der Waals surface area contributed by atoms with Crippen LogP contribution in [0, 0.1) is 5.82 Å². The van der Waals surface area contributed by atoms with Gasteiger partial charge in [0.1, 0.15) is 12.1 Å². The largest absolute Gasteiger partial charge is 0.303 e. The second-order valence-electron chi connectivity index (χ2n) is 3.06. The SMILES string of the molecule is O=CC1CCSc2ccc(F)cc21. The first-order valence-corrected chi connectivity index (χ1v) is 5.17. The maximum Gasteiger partial charge on any atom is 0.127 e. The van der Waals surface area contributed by atoms with E-state index in [2.05, 4.69) is 0 Å². The predicted octanol–water partition coefficient (Wildman–Crippen LogP) is 2.60. The molecule has 0 saturated heterocycles. The zero-order valence-corrected chi connectivity index (χ0v) is 7.81. The van der Waals surface area contributed by atoms with Gasteiger partial charge in [0.15, 0.2) is 0 Å². The van der Waals surface area contributed by atoms with E-state index in [4.69, 9.17) is 0 Å².